The molecule has 0 radical (unpaired) electrons. The first-order chi connectivity index (χ1) is 6.54. The number of nitrogens with two attached hydrogens (primary N) is 1. The molecule has 0 aliphatic rings. The zero-order chi connectivity index (χ0) is 11.0. The zero-order valence-electron chi connectivity index (χ0n) is 10.3. The molecular formula is C12H27NO. The van der Waals surface area contributed by atoms with Crippen molar-refractivity contribution >= 4 is 0 Å². The Balaban J connectivity index is 3.74. The highest BCUT2D eigenvalue weighted by Crippen LogP contribution is 2.22. The van der Waals surface area contributed by atoms with Crippen LogP contribution >= 0.6 is 0 Å². The van der Waals surface area contributed by atoms with Crippen LogP contribution in [0.4, 0.5) is 0 Å². The summed E-state index contributed by atoms with van der Waals surface area (Å²) in [7, 11) is 0. The van der Waals surface area contributed by atoms with Crippen molar-refractivity contribution in [2.45, 2.75) is 59.0 Å². The van der Waals surface area contributed by atoms with Crippen LogP contribution in [0.25, 0.3) is 0 Å². The lowest BCUT2D eigenvalue weighted by Gasteiger charge is -2.29. The Labute approximate surface area is 89.2 Å². The van der Waals surface area contributed by atoms with E-state index in [-0.39, 0.29) is 5.60 Å². The van der Waals surface area contributed by atoms with Gasteiger partial charge in [-0.1, -0.05) is 20.8 Å². The van der Waals surface area contributed by atoms with Crippen molar-refractivity contribution in [1.29, 1.82) is 0 Å². The second-order valence-corrected chi connectivity index (χ2v) is 4.73. The Hall–Kier alpha value is -0.0800. The van der Waals surface area contributed by atoms with E-state index >= 15 is 0 Å². The van der Waals surface area contributed by atoms with Crippen LogP contribution in [0.1, 0.15) is 53.4 Å². The molecule has 0 spiro atoms. The summed E-state index contributed by atoms with van der Waals surface area (Å²) in [5, 5.41) is 0. The van der Waals surface area contributed by atoms with Crippen LogP contribution in [0.3, 0.4) is 0 Å². The first-order valence-electron chi connectivity index (χ1n) is 5.88. The monoisotopic (exact) mass is 201 g/mol. The van der Waals surface area contributed by atoms with E-state index in [0.29, 0.717) is 0 Å². The van der Waals surface area contributed by atoms with Crippen LogP contribution in [0, 0.1) is 5.92 Å². The minimum absolute atomic E-state index is 0.0499. The molecule has 2 N–H and O–H groups in total. The molecule has 0 aliphatic heterocycles. The van der Waals surface area contributed by atoms with Gasteiger partial charge in [0.2, 0.25) is 0 Å². The molecule has 2 nitrogen and oxygen atoms in total. The molecule has 0 saturated carbocycles. The number of hydrogen-bond donors (Lipinski definition) is 1. The number of hydrogen-bond acceptors (Lipinski definition) is 2. The van der Waals surface area contributed by atoms with E-state index in [1.54, 1.807) is 0 Å². The third-order valence-electron chi connectivity index (χ3n) is 2.80. The minimum atomic E-state index is 0.0499. The van der Waals surface area contributed by atoms with E-state index < -0.39 is 0 Å². The van der Waals surface area contributed by atoms with Crippen molar-refractivity contribution < 1.29 is 4.74 Å². The van der Waals surface area contributed by atoms with Gasteiger partial charge in [0.05, 0.1) is 5.60 Å². The molecule has 0 aromatic rings. The molecule has 2 heteroatoms. The van der Waals surface area contributed by atoms with E-state index in [4.69, 9.17) is 10.5 Å². The van der Waals surface area contributed by atoms with Crippen LogP contribution in [0.15, 0.2) is 0 Å². The minimum Gasteiger partial charge on any atom is -0.375 e. The van der Waals surface area contributed by atoms with E-state index in [2.05, 4.69) is 27.7 Å². The van der Waals surface area contributed by atoms with Gasteiger partial charge in [-0.3, -0.25) is 0 Å². The van der Waals surface area contributed by atoms with Crippen molar-refractivity contribution in [2.24, 2.45) is 11.7 Å². The first kappa shape index (κ1) is 13.9. The quantitative estimate of drug-likeness (QED) is 0.655. The van der Waals surface area contributed by atoms with Gasteiger partial charge in [0, 0.05) is 6.61 Å². The maximum absolute atomic E-state index is 5.94. The summed E-state index contributed by atoms with van der Waals surface area (Å²) < 4.78 is 5.94. The van der Waals surface area contributed by atoms with E-state index in [9.17, 15) is 0 Å². The molecule has 1 atom stereocenters. The fourth-order valence-electron chi connectivity index (χ4n) is 1.37. The lowest BCUT2D eigenvalue weighted by molar-refractivity contribution is -0.0450. The molecule has 0 aliphatic carbocycles. The summed E-state index contributed by atoms with van der Waals surface area (Å²) in [6.07, 6.45) is 4.37. The zero-order valence-corrected chi connectivity index (χ0v) is 10.3. The van der Waals surface area contributed by atoms with Crippen molar-refractivity contribution in [3.8, 4) is 0 Å². The van der Waals surface area contributed by atoms with Gasteiger partial charge in [-0.05, 0) is 45.1 Å². The highest BCUT2D eigenvalue weighted by Gasteiger charge is 2.21. The molecule has 0 rings (SSSR count). The Morgan fingerprint density at radius 2 is 2.00 bits per heavy atom. The molecule has 0 amide bonds. The predicted molar refractivity (Wildman–Crippen MR) is 62.4 cm³/mol. The Bertz CT molecular complexity index is 136. The van der Waals surface area contributed by atoms with Crippen LogP contribution < -0.4 is 5.73 Å². The van der Waals surface area contributed by atoms with Crippen LogP contribution in [0.2, 0.25) is 0 Å². The van der Waals surface area contributed by atoms with Crippen molar-refractivity contribution in [3.05, 3.63) is 0 Å². The molecule has 0 saturated heterocycles. The Morgan fingerprint density at radius 1 is 1.36 bits per heavy atom. The third kappa shape index (κ3) is 6.39. The summed E-state index contributed by atoms with van der Waals surface area (Å²) in [4.78, 5) is 0. The van der Waals surface area contributed by atoms with Gasteiger partial charge < -0.3 is 10.5 Å². The highest BCUT2D eigenvalue weighted by atomic mass is 16.5. The average Bonchev–Trinajstić information content (AvgIpc) is 2.14. The van der Waals surface area contributed by atoms with E-state index in [0.717, 1.165) is 44.8 Å². The maximum Gasteiger partial charge on any atom is 0.0652 e. The molecule has 0 bridgehead atoms. The second kappa shape index (κ2) is 7.24. The van der Waals surface area contributed by atoms with Gasteiger partial charge in [0.1, 0.15) is 0 Å². The molecule has 0 heterocycles. The molecular weight excluding hydrogens is 174 g/mol. The summed E-state index contributed by atoms with van der Waals surface area (Å²) in [5.74, 6) is 0.727. The van der Waals surface area contributed by atoms with Crippen LogP contribution in [-0.2, 0) is 4.74 Å². The molecule has 0 fully saturated rings. The SMILES string of the molecule is CCC(C)(CCCN)OCCC(C)C. The van der Waals surface area contributed by atoms with E-state index in [1.807, 2.05) is 0 Å². The number of ether oxygens (including phenoxy) is 1. The fourth-order valence-corrected chi connectivity index (χ4v) is 1.37. The summed E-state index contributed by atoms with van der Waals surface area (Å²) >= 11 is 0. The standard InChI is InChI=1S/C12H27NO/c1-5-12(4,8-6-9-13)14-10-7-11(2)3/h11H,5-10,13H2,1-4H3. The summed E-state index contributed by atoms with van der Waals surface area (Å²) in [6, 6.07) is 0. The highest BCUT2D eigenvalue weighted by molar-refractivity contribution is 4.73. The molecule has 86 valence electrons. The summed E-state index contributed by atoms with van der Waals surface area (Å²) in [6.45, 7) is 10.5. The molecule has 0 aromatic heterocycles. The van der Waals surface area contributed by atoms with Crippen LogP contribution in [0.5, 0.6) is 0 Å². The van der Waals surface area contributed by atoms with Gasteiger partial charge in [-0.2, -0.15) is 0 Å². The molecule has 1 unspecified atom stereocenters. The topological polar surface area (TPSA) is 35.2 Å². The Kier molecular flexibility index (Phi) is 7.20. The third-order valence-corrected chi connectivity index (χ3v) is 2.80. The lowest BCUT2D eigenvalue weighted by atomic mass is 9.96. The van der Waals surface area contributed by atoms with Crippen molar-refractivity contribution in [3.63, 3.8) is 0 Å². The van der Waals surface area contributed by atoms with Gasteiger partial charge in [0.25, 0.3) is 0 Å². The maximum atomic E-state index is 5.94. The summed E-state index contributed by atoms with van der Waals surface area (Å²) in [5.41, 5.74) is 5.56. The van der Waals surface area contributed by atoms with Gasteiger partial charge in [-0.25, -0.2) is 0 Å². The van der Waals surface area contributed by atoms with Gasteiger partial charge in [-0.15, -0.1) is 0 Å². The lowest BCUT2D eigenvalue weighted by Crippen LogP contribution is -2.29. The van der Waals surface area contributed by atoms with Crippen LogP contribution in [-0.4, -0.2) is 18.8 Å². The van der Waals surface area contributed by atoms with E-state index in [1.165, 1.54) is 0 Å². The van der Waals surface area contributed by atoms with Gasteiger partial charge >= 0.3 is 0 Å². The number of rotatable bonds is 8. The second-order valence-electron chi connectivity index (χ2n) is 4.73. The molecule has 0 aromatic carbocycles. The normalized spacial score (nSPS) is 15.9. The molecule has 14 heavy (non-hydrogen) atoms. The van der Waals surface area contributed by atoms with Crippen molar-refractivity contribution in [1.82, 2.24) is 0 Å². The van der Waals surface area contributed by atoms with Crippen molar-refractivity contribution in [2.75, 3.05) is 13.2 Å². The van der Waals surface area contributed by atoms with Gasteiger partial charge in [0.15, 0.2) is 0 Å². The smallest absolute Gasteiger partial charge is 0.0652 e. The largest absolute Gasteiger partial charge is 0.375 e. The predicted octanol–water partition coefficient (Wildman–Crippen LogP) is 2.96. The average molecular weight is 201 g/mol. The Morgan fingerprint density at radius 3 is 2.43 bits per heavy atom. The first-order valence-corrected chi connectivity index (χ1v) is 5.88. The fraction of sp³-hybridized carbons (Fsp3) is 1.00.